The number of carbonyl (C=O) groups is 1. The summed E-state index contributed by atoms with van der Waals surface area (Å²) in [5.41, 5.74) is 3.64. The van der Waals surface area contributed by atoms with Gasteiger partial charge in [-0.1, -0.05) is 29.8 Å². The molecule has 3 N–H and O–H groups in total. The highest BCUT2D eigenvalue weighted by Gasteiger charge is 2.31. The van der Waals surface area contributed by atoms with Gasteiger partial charge in [0.1, 0.15) is 0 Å². The van der Waals surface area contributed by atoms with Crippen LogP contribution >= 0.6 is 11.6 Å². The highest BCUT2D eigenvalue weighted by atomic mass is 35.5. The maximum absolute atomic E-state index is 10.9. The minimum atomic E-state index is -1.71. The third-order valence-electron chi connectivity index (χ3n) is 1.88. The van der Waals surface area contributed by atoms with Crippen LogP contribution in [0.3, 0.4) is 0 Å². The molecule has 0 heterocycles. The first-order valence-corrected chi connectivity index (χ1v) is 4.11. The van der Waals surface area contributed by atoms with Gasteiger partial charge in [-0.3, -0.25) is 4.79 Å². The molecule has 3 nitrogen and oxygen atoms in total. The summed E-state index contributed by atoms with van der Waals surface area (Å²) in [5.74, 6) is -0.819. The molecule has 1 rings (SSSR count). The molecular weight excluding hydrogens is 190 g/mol. The Morgan fingerprint density at radius 1 is 1.54 bits per heavy atom. The molecule has 70 valence electrons. The summed E-state index contributed by atoms with van der Waals surface area (Å²) >= 11 is 5.79. The normalized spacial score (nSPS) is 15.0. The van der Waals surface area contributed by atoms with E-state index >= 15 is 0 Å². The van der Waals surface area contributed by atoms with Gasteiger partial charge in [0.2, 0.25) is 0 Å². The highest BCUT2D eigenvalue weighted by Crippen LogP contribution is 2.27. The van der Waals surface area contributed by atoms with Crippen molar-refractivity contribution in [3.8, 4) is 0 Å². The summed E-state index contributed by atoms with van der Waals surface area (Å²) in [6.45, 7) is 1.32. The number of nitrogens with two attached hydrogens (primary N) is 1. The van der Waals surface area contributed by atoms with E-state index in [2.05, 4.69) is 0 Å². The van der Waals surface area contributed by atoms with Crippen molar-refractivity contribution < 1.29 is 9.90 Å². The molecule has 4 heteroatoms. The Morgan fingerprint density at radius 3 is 2.54 bits per heavy atom. The molecule has 0 aromatic heterocycles. The number of aliphatic hydroxyl groups is 1. The van der Waals surface area contributed by atoms with Crippen LogP contribution in [0.25, 0.3) is 0 Å². The largest absolute Gasteiger partial charge is 0.375 e. The molecule has 0 aliphatic carbocycles. The van der Waals surface area contributed by atoms with E-state index in [1.165, 1.54) is 6.92 Å². The second kappa shape index (κ2) is 3.36. The summed E-state index contributed by atoms with van der Waals surface area (Å²) < 4.78 is 0. The van der Waals surface area contributed by atoms with Crippen LogP contribution in [0, 0.1) is 0 Å². The van der Waals surface area contributed by atoms with Gasteiger partial charge in [-0.05, 0) is 13.0 Å². The lowest BCUT2D eigenvalue weighted by Crippen LogP contribution is -2.38. The number of rotatable bonds is 2. The van der Waals surface area contributed by atoms with Crippen molar-refractivity contribution in [1.82, 2.24) is 0 Å². The van der Waals surface area contributed by atoms with Crippen molar-refractivity contribution in [2.45, 2.75) is 12.5 Å². The van der Waals surface area contributed by atoms with Crippen LogP contribution in [0.4, 0.5) is 0 Å². The number of primary amides is 1. The molecule has 1 aromatic carbocycles. The first-order chi connectivity index (χ1) is 5.96. The Hall–Kier alpha value is -1.06. The molecule has 13 heavy (non-hydrogen) atoms. The Labute approximate surface area is 81.1 Å². The van der Waals surface area contributed by atoms with Gasteiger partial charge >= 0.3 is 0 Å². The predicted octanol–water partition coefficient (Wildman–Crippen LogP) is 1.03. The standard InChI is InChI=1S/C9H10ClNO2/c1-9(13,8(11)12)6-4-2-3-5-7(6)10/h2-5,13H,1H3,(H2,11,12). The Balaban J connectivity index is 3.22. The average Bonchev–Trinajstić information content (AvgIpc) is 2.04. The highest BCUT2D eigenvalue weighted by molar-refractivity contribution is 6.31. The van der Waals surface area contributed by atoms with E-state index < -0.39 is 11.5 Å². The van der Waals surface area contributed by atoms with Gasteiger partial charge < -0.3 is 10.8 Å². The van der Waals surface area contributed by atoms with E-state index in [-0.39, 0.29) is 0 Å². The zero-order chi connectivity index (χ0) is 10.1. The summed E-state index contributed by atoms with van der Waals surface area (Å²) in [6.07, 6.45) is 0. The molecule has 0 saturated heterocycles. The van der Waals surface area contributed by atoms with Crippen molar-refractivity contribution in [3.05, 3.63) is 34.9 Å². The van der Waals surface area contributed by atoms with E-state index in [1.54, 1.807) is 24.3 Å². The number of halogens is 1. The molecule has 0 radical (unpaired) electrons. The lowest BCUT2D eigenvalue weighted by atomic mass is 9.95. The summed E-state index contributed by atoms with van der Waals surface area (Å²) in [5, 5.41) is 10.0. The fourth-order valence-electron chi connectivity index (χ4n) is 0.989. The minimum absolute atomic E-state index is 0.323. The first-order valence-electron chi connectivity index (χ1n) is 3.73. The summed E-state index contributed by atoms with van der Waals surface area (Å²) in [7, 11) is 0. The lowest BCUT2D eigenvalue weighted by Gasteiger charge is -2.20. The quantitative estimate of drug-likeness (QED) is 0.748. The fourth-order valence-corrected chi connectivity index (χ4v) is 1.31. The molecule has 1 amide bonds. The van der Waals surface area contributed by atoms with Gasteiger partial charge in [-0.15, -0.1) is 0 Å². The molecule has 0 fully saturated rings. The van der Waals surface area contributed by atoms with Crippen molar-refractivity contribution in [2.24, 2.45) is 5.73 Å². The number of benzene rings is 1. The Morgan fingerprint density at radius 2 is 2.08 bits per heavy atom. The maximum atomic E-state index is 10.9. The molecule has 1 unspecified atom stereocenters. The molecule has 0 aliphatic heterocycles. The lowest BCUT2D eigenvalue weighted by molar-refractivity contribution is -0.135. The topological polar surface area (TPSA) is 63.3 Å². The van der Waals surface area contributed by atoms with E-state index in [0.29, 0.717) is 10.6 Å². The fraction of sp³-hybridized carbons (Fsp3) is 0.222. The van der Waals surface area contributed by atoms with Crippen LogP contribution in [0.2, 0.25) is 5.02 Å². The van der Waals surface area contributed by atoms with Gasteiger partial charge in [-0.25, -0.2) is 0 Å². The zero-order valence-corrected chi connectivity index (χ0v) is 7.88. The van der Waals surface area contributed by atoms with Gasteiger partial charge in [0.05, 0.1) is 0 Å². The number of carbonyl (C=O) groups excluding carboxylic acids is 1. The van der Waals surface area contributed by atoms with Crippen molar-refractivity contribution in [3.63, 3.8) is 0 Å². The smallest absolute Gasteiger partial charge is 0.253 e. The third kappa shape index (κ3) is 1.82. The van der Waals surface area contributed by atoms with Crippen LogP contribution < -0.4 is 5.73 Å². The van der Waals surface area contributed by atoms with Gasteiger partial charge in [0.25, 0.3) is 5.91 Å². The predicted molar refractivity (Wildman–Crippen MR) is 50.2 cm³/mol. The second-order valence-electron chi connectivity index (χ2n) is 2.92. The number of amides is 1. The second-order valence-corrected chi connectivity index (χ2v) is 3.32. The maximum Gasteiger partial charge on any atom is 0.253 e. The van der Waals surface area contributed by atoms with Crippen LogP contribution in [-0.4, -0.2) is 11.0 Å². The van der Waals surface area contributed by atoms with Crippen molar-refractivity contribution >= 4 is 17.5 Å². The van der Waals surface area contributed by atoms with E-state index in [9.17, 15) is 9.90 Å². The molecule has 0 aliphatic rings. The van der Waals surface area contributed by atoms with Gasteiger partial charge in [0.15, 0.2) is 5.60 Å². The summed E-state index contributed by atoms with van der Waals surface area (Å²) in [6, 6.07) is 6.54. The van der Waals surface area contributed by atoms with Crippen LogP contribution in [0.15, 0.2) is 24.3 Å². The van der Waals surface area contributed by atoms with Crippen molar-refractivity contribution in [2.75, 3.05) is 0 Å². The molecule has 0 bridgehead atoms. The molecule has 0 saturated carbocycles. The Kier molecular flexibility index (Phi) is 2.59. The molecular formula is C9H10ClNO2. The first kappa shape index (κ1) is 10.0. The Bertz CT molecular complexity index is 336. The van der Waals surface area contributed by atoms with Gasteiger partial charge in [-0.2, -0.15) is 0 Å². The number of hydrogen-bond donors (Lipinski definition) is 2. The molecule has 0 spiro atoms. The van der Waals surface area contributed by atoms with Crippen LogP contribution in [-0.2, 0) is 10.4 Å². The van der Waals surface area contributed by atoms with Crippen LogP contribution in [0.5, 0.6) is 0 Å². The zero-order valence-electron chi connectivity index (χ0n) is 7.12. The molecule has 1 aromatic rings. The number of hydrogen-bond acceptors (Lipinski definition) is 2. The van der Waals surface area contributed by atoms with Gasteiger partial charge in [0, 0.05) is 10.6 Å². The van der Waals surface area contributed by atoms with E-state index in [0.717, 1.165) is 0 Å². The van der Waals surface area contributed by atoms with E-state index in [1.807, 2.05) is 0 Å². The third-order valence-corrected chi connectivity index (χ3v) is 2.21. The average molecular weight is 200 g/mol. The van der Waals surface area contributed by atoms with Crippen LogP contribution in [0.1, 0.15) is 12.5 Å². The summed E-state index contributed by atoms with van der Waals surface area (Å²) in [4.78, 5) is 10.9. The monoisotopic (exact) mass is 199 g/mol. The van der Waals surface area contributed by atoms with Crippen molar-refractivity contribution in [1.29, 1.82) is 0 Å². The molecule has 1 atom stereocenters. The van der Waals surface area contributed by atoms with E-state index in [4.69, 9.17) is 17.3 Å². The SMILES string of the molecule is CC(O)(C(N)=O)c1ccccc1Cl. The minimum Gasteiger partial charge on any atom is -0.375 e.